The number of hydrogen-bond acceptors (Lipinski definition) is 5. The van der Waals surface area contributed by atoms with Gasteiger partial charge in [0.25, 0.3) is 0 Å². The first kappa shape index (κ1) is 15.8. The molecule has 0 spiro atoms. The zero-order chi connectivity index (χ0) is 17.2. The molecule has 5 nitrogen and oxygen atoms in total. The van der Waals surface area contributed by atoms with Gasteiger partial charge in [-0.1, -0.05) is 24.3 Å². The number of anilines is 3. The molecule has 1 fully saturated rings. The van der Waals surface area contributed by atoms with Gasteiger partial charge >= 0.3 is 0 Å². The minimum absolute atomic E-state index is 0.319. The van der Waals surface area contributed by atoms with Crippen LogP contribution in [0.3, 0.4) is 0 Å². The summed E-state index contributed by atoms with van der Waals surface area (Å²) < 4.78 is 14.0. The molecule has 1 aromatic heterocycles. The predicted octanol–water partition coefficient (Wildman–Crippen LogP) is 3.26. The van der Waals surface area contributed by atoms with Crippen molar-refractivity contribution in [2.75, 3.05) is 43.4 Å². The van der Waals surface area contributed by atoms with Crippen molar-refractivity contribution in [1.29, 1.82) is 0 Å². The molecule has 0 aliphatic carbocycles. The van der Waals surface area contributed by atoms with Gasteiger partial charge in [-0.3, -0.25) is 0 Å². The van der Waals surface area contributed by atoms with Crippen molar-refractivity contribution in [2.45, 2.75) is 0 Å². The molecule has 1 aliphatic rings. The SMILES string of the molecule is CN1CCN(c2nc(Nc3ccccc3F)nc3ccccc23)CC1. The van der Waals surface area contributed by atoms with Crippen LogP contribution in [0.5, 0.6) is 0 Å². The molecule has 3 aromatic rings. The Morgan fingerprint density at radius 1 is 0.920 bits per heavy atom. The normalized spacial score (nSPS) is 15.5. The first-order valence-corrected chi connectivity index (χ1v) is 8.42. The molecule has 0 atom stereocenters. The van der Waals surface area contributed by atoms with Crippen LogP contribution in [-0.4, -0.2) is 48.1 Å². The molecule has 0 unspecified atom stereocenters. The van der Waals surface area contributed by atoms with Gasteiger partial charge in [-0.05, 0) is 31.3 Å². The van der Waals surface area contributed by atoms with Crippen LogP contribution in [0.1, 0.15) is 0 Å². The van der Waals surface area contributed by atoms with Gasteiger partial charge in [-0.25, -0.2) is 9.37 Å². The molecule has 1 aliphatic heterocycles. The Labute approximate surface area is 146 Å². The van der Waals surface area contributed by atoms with E-state index in [0.717, 1.165) is 42.9 Å². The second kappa shape index (κ2) is 6.64. The van der Waals surface area contributed by atoms with Crippen molar-refractivity contribution in [2.24, 2.45) is 0 Å². The highest BCUT2D eigenvalue weighted by molar-refractivity contribution is 5.90. The number of para-hydroxylation sites is 2. The maximum Gasteiger partial charge on any atom is 0.229 e. The Bertz CT molecular complexity index is 890. The number of rotatable bonds is 3. The van der Waals surface area contributed by atoms with Crippen LogP contribution < -0.4 is 10.2 Å². The molecule has 2 aromatic carbocycles. The molecule has 4 rings (SSSR count). The lowest BCUT2D eigenvalue weighted by atomic mass is 10.2. The fourth-order valence-electron chi connectivity index (χ4n) is 3.06. The highest BCUT2D eigenvalue weighted by Gasteiger charge is 2.19. The molecule has 25 heavy (non-hydrogen) atoms. The van der Waals surface area contributed by atoms with Crippen LogP contribution >= 0.6 is 0 Å². The van der Waals surface area contributed by atoms with E-state index in [4.69, 9.17) is 4.98 Å². The smallest absolute Gasteiger partial charge is 0.229 e. The number of piperazine rings is 1. The molecule has 0 bridgehead atoms. The largest absolute Gasteiger partial charge is 0.353 e. The maximum absolute atomic E-state index is 14.0. The standard InChI is InChI=1S/C19H20FN5/c1-24-10-12-25(13-11-24)18-14-6-2-4-8-16(14)21-19(23-18)22-17-9-5-3-7-15(17)20/h2-9H,10-13H2,1H3,(H,21,22,23). The van der Waals surface area contributed by atoms with Crippen molar-refractivity contribution >= 4 is 28.4 Å². The van der Waals surface area contributed by atoms with Crippen molar-refractivity contribution in [3.63, 3.8) is 0 Å². The molecule has 0 radical (unpaired) electrons. The summed E-state index contributed by atoms with van der Waals surface area (Å²) >= 11 is 0. The number of aromatic nitrogens is 2. The van der Waals surface area contributed by atoms with Crippen molar-refractivity contribution in [3.05, 3.63) is 54.3 Å². The Kier molecular flexibility index (Phi) is 4.19. The van der Waals surface area contributed by atoms with Crippen molar-refractivity contribution in [3.8, 4) is 0 Å². The molecule has 128 valence electrons. The Morgan fingerprint density at radius 3 is 2.44 bits per heavy atom. The van der Waals surface area contributed by atoms with Gasteiger partial charge in [0, 0.05) is 31.6 Å². The molecule has 0 amide bonds. The summed E-state index contributed by atoms with van der Waals surface area (Å²) in [6.07, 6.45) is 0. The van der Waals surface area contributed by atoms with E-state index in [1.165, 1.54) is 6.07 Å². The summed E-state index contributed by atoms with van der Waals surface area (Å²) in [5, 5.41) is 4.04. The third-order valence-electron chi connectivity index (χ3n) is 4.51. The van der Waals surface area contributed by atoms with Gasteiger partial charge in [0.15, 0.2) is 0 Å². The Hall–Kier alpha value is -2.73. The van der Waals surface area contributed by atoms with E-state index in [0.29, 0.717) is 11.6 Å². The van der Waals surface area contributed by atoms with Crippen LogP contribution in [0.4, 0.5) is 21.8 Å². The molecule has 2 heterocycles. The van der Waals surface area contributed by atoms with Crippen molar-refractivity contribution in [1.82, 2.24) is 14.9 Å². The topological polar surface area (TPSA) is 44.3 Å². The lowest BCUT2D eigenvalue weighted by molar-refractivity contribution is 0.312. The Balaban J connectivity index is 1.75. The maximum atomic E-state index is 14.0. The highest BCUT2D eigenvalue weighted by atomic mass is 19.1. The molecular weight excluding hydrogens is 317 g/mol. The number of halogens is 1. The highest BCUT2D eigenvalue weighted by Crippen LogP contribution is 2.27. The van der Waals surface area contributed by atoms with Gasteiger partial charge < -0.3 is 15.1 Å². The zero-order valence-electron chi connectivity index (χ0n) is 14.1. The number of benzene rings is 2. The number of fused-ring (bicyclic) bond motifs is 1. The van der Waals surface area contributed by atoms with Gasteiger partial charge in [0.2, 0.25) is 5.95 Å². The van der Waals surface area contributed by atoms with Gasteiger partial charge in [0.1, 0.15) is 11.6 Å². The first-order valence-electron chi connectivity index (χ1n) is 8.42. The van der Waals surface area contributed by atoms with Crippen LogP contribution in [0.25, 0.3) is 10.9 Å². The molecular formula is C19H20FN5. The monoisotopic (exact) mass is 337 g/mol. The fraction of sp³-hybridized carbons (Fsp3) is 0.263. The third-order valence-corrected chi connectivity index (χ3v) is 4.51. The molecule has 1 saturated heterocycles. The van der Waals surface area contributed by atoms with Crippen molar-refractivity contribution < 1.29 is 4.39 Å². The van der Waals surface area contributed by atoms with E-state index in [1.54, 1.807) is 18.2 Å². The quantitative estimate of drug-likeness (QED) is 0.795. The molecule has 6 heteroatoms. The van der Waals surface area contributed by atoms with E-state index in [1.807, 2.05) is 24.3 Å². The predicted molar refractivity (Wildman–Crippen MR) is 98.9 cm³/mol. The third kappa shape index (κ3) is 3.25. The van der Waals surface area contributed by atoms with Crippen LogP contribution in [0, 0.1) is 5.82 Å². The van der Waals surface area contributed by atoms with E-state index < -0.39 is 0 Å². The number of likely N-dealkylation sites (N-methyl/N-ethyl adjacent to an activating group) is 1. The number of nitrogens with one attached hydrogen (secondary N) is 1. The number of nitrogens with zero attached hydrogens (tertiary/aromatic N) is 4. The minimum atomic E-state index is -0.319. The summed E-state index contributed by atoms with van der Waals surface area (Å²) in [6.45, 7) is 3.82. The van der Waals surface area contributed by atoms with E-state index in [9.17, 15) is 4.39 Å². The van der Waals surface area contributed by atoms with Crippen LogP contribution in [0.2, 0.25) is 0 Å². The summed E-state index contributed by atoms with van der Waals surface area (Å²) in [5.41, 5.74) is 1.23. The lowest BCUT2D eigenvalue weighted by Gasteiger charge is -2.33. The summed E-state index contributed by atoms with van der Waals surface area (Å²) in [5.74, 6) is 0.996. The van der Waals surface area contributed by atoms with E-state index in [2.05, 4.69) is 27.1 Å². The van der Waals surface area contributed by atoms with Crippen LogP contribution in [-0.2, 0) is 0 Å². The van der Waals surface area contributed by atoms with Gasteiger partial charge in [0.05, 0.1) is 11.2 Å². The van der Waals surface area contributed by atoms with Gasteiger partial charge in [-0.15, -0.1) is 0 Å². The second-order valence-electron chi connectivity index (χ2n) is 6.28. The number of hydrogen-bond donors (Lipinski definition) is 1. The van der Waals surface area contributed by atoms with Gasteiger partial charge in [-0.2, -0.15) is 4.98 Å². The van der Waals surface area contributed by atoms with E-state index in [-0.39, 0.29) is 5.82 Å². The summed E-state index contributed by atoms with van der Waals surface area (Å²) in [4.78, 5) is 13.8. The summed E-state index contributed by atoms with van der Waals surface area (Å²) in [7, 11) is 2.13. The lowest BCUT2D eigenvalue weighted by Crippen LogP contribution is -2.45. The summed E-state index contributed by atoms with van der Waals surface area (Å²) in [6, 6.07) is 14.5. The zero-order valence-corrected chi connectivity index (χ0v) is 14.1. The molecule has 1 N–H and O–H groups in total. The molecule has 0 saturated carbocycles. The minimum Gasteiger partial charge on any atom is -0.353 e. The van der Waals surface area contributed by atoms with E-state index >= 15 is 0 Å². The fourth-order valence-corrected chi connectivity index (χ4v) is 3.06. The average molecular weight is 337 g/mol. The first-order chi connectivity index (χ1) is 12.2. The average Bonchev–Trinajstić information content (AvgIpc) is 2.64. The van der Waals surface area contributed by atoms with Crippen LogP contribution in [0.15, 0.2) is 48.5 Å². The Morgan fingerprint density at radius 2 is 1.64 bits per heavy atom. The second-order valence-corrected chi connectivity index (χ2v) is 6.28.